The predicted octanol–water partition coefficient (Wildman–Crippen LogP) is 3.13. The molecule has 102 valence electrons. The molecule has 1 aliphatic heterocycles. The third-order valence-corrected chi connectivity index (χ3v) is 4.14. The molecule has 0 aromatic carbocycles. The van der Waals surface area contributed by atoms with Crippen molar-refractivity contribution in [2.24, 2.45) is 11.8 Å². The molecule has 1 heterocycles. The van der Waals surface area contributed by atoms with Gasteiger partial charge in [0.1, 0.15) is 0 Å². The van der Waals surface area contributed by atoms with E-state index < -0.39 is 0 Å². The molecule has 2 heteroatoms. The summed E-state index contributed by atoms with van der Waals surface area (Å²) >= 11 is 0. The summed E-state index contributed by atoms with van der Waals surface area (Å²) in [5.41, 5.74) is 0. The minimum Gasteiger partial charge on any atom is -0.314 e. The number of rotatable bonds is 7. The molecule has 0 spiro atoms. The molecule has 0 aliphatic carbocycles. The van der Waals surface area contributed by atoms with E-state index in [-0.39, 0.29) is 0 Å². The Hall–Kier alpha value is -0.0800. The van der Waals surface area contributed by atoms with Crippen LogP contribution in [0.4, 0.5) is 0 Å². The Morgan fingerprint density at radius 2 is 1.76 bits per heavy atom. The van der Waals surface area contributed by atoms with Crippen molar-refractivity contribution in [3.63, 3.8) is 0 Å². The van der Waals surface area contributed by atoms with Crippen LogP contribution in [0.1, 0.15) is 52.9 Å². The lowest BCUT2D eigenvalue weighted by Gasteiger charge is -2.33. The monoisotopic (exact) mass is 240 g/mol. The van der Waals surface area contributed by atoms with Crippen molar-refractivity contribution in [1.29, 1.82) is 0 Å². The summed E-state index contributed by atoms with van der Waals surface area (Å²) in [5, 5.41) is 3.72. The fourth-order valence-corrected chi connectivity index (χ4v) is 2.70. The molecular weight excluding hydrogens is 208 g/mol. The highest BCUT2D eigenvalue weighted by atomic mass is 15.1. The zero-order chi connectivity index (χ0) is 12.7. The molecule has 0 bridgehead atoms. The van der Waals surface area contributed by atoms with Gasteiger partial charge in [-0.3, -0.25) is 0 Å². The van der Waals surface area contributed by atoms with Crippen LogP contribution in [0.5, 0.6) is 0 Å². The molecule has 1 aliphatic rings. The van der Waals surface area contributed by atoms with E-state index in [1.165, 1.54) is 51.7 Å². The first kappa shape index (κ1) is 15.0. The summed E-state index contributed by atoms with van der Waals surface area (Å²) in [6.45, 7) is 10.8. The van der Waals surface area contributed by atoms with Crippen molar-refractivity contribution in [1.82, 2.24) is 10.2 Å². The molecule has 1 fully saturated rings. The number of piperidine rings is 1. The molecule has 1 saturated heterocycles. The van der Waals surface area contributed by atoms with Crippen molar-refractivity contribution < 1.29 is 0 Å². The SMILES string of the molecule is CC(C)CCCCNC(C)C1CCN(C)CC1. The second-order valence-corrected chi connectivity index (χ2v) is 6.27. The Labute approximate surface area is 108 Å². The van der Waals surface area contributed by atoms with Gasteiger partial charge in [-0.15, -0.1) is 0 Å². The van der Waals surface area contributed by atoms with Gasteiger partial charge in [-0.2, -0.15) is 0 Å². The zero-order valence-electron chi connectivity index (χ0n) is 12.3. The van der Waals surface area contributed by atoms with Crippen LogP contribution < -0.4 is 5.32 Å². The average Bonchev–Trinajstić information content (AvgIpc) is 2.29. The molecule has 1 atom stereocenters. The quantitative estimate of drug-likeness (QED) is 0.688. The first-order valence-corrected chi connectivity index (χ1v) is 7.51. The summed E-state index contributed by atoms with van der Waals surface area (Å²) in [6.07, 6.45) is 6.84. The summed E-state index contributed by atoms with van der Waals surface area (Å²) in [5.74, 6) is 1.76. The fraction of sp³-hybridized carbons (Fsp3) is 1.00. The molecule has 1 unspecified atom stereocenters. The van der Waals surface area contributed by atoms with Crippen LogP contribution in [0.2, 0.25) is 0 Å². The highest BCUT2D eigenvalue weighted by molar-refractivity contribution is 4.78. The average molecular weight is 240 g/mol. The third-order valence-electron chi connectivity index (χ3n) is 4.14. The van der Waals surface area contributed by atoms with Crippen LogP contribution in [0.15, 0.2) is 0 Å². The van der Waals surface area contributed by atoms with Crippen LogP contribution in [0.3, 0.4) is 0 Å². The van der Waals surface area contributed by atoms with Gasteiger partial charge in [-0.05, 0) is 64.7 Å². The lowest BCUT2D eigenvalue weighted by atomic mass is 9.90. The molecule has 1 N–H and O–H groups in total. The van der Waals surface area contributed by atoms with Crippen molar-refractivity contribution >= 4 is 0 Å². The Bertz CT molecular complexity index is 183. The normalized spacial score (nSPS) is 21.0. The van der Waals surface area contributed by atoms with Crippen LogP contribution in [0, 0.1) is 11.8 Å². The first-order valence-electron chi connectivity index (χ1n) is 7.51. The molecule has 17 heavy (non-hydrogen) atoms. The summed E-state index contributed by atoms with van der Waals surface area (Å²) in [7, 11) is 2.24. The molecule has 1 rings (SSSR count). The van der Waals surface area contributed by atoms with E-state index in [1.54, 1.807) is 0 Å². The molecular formula is C15H32N2. The highest BCUT2D eigenvalue weighted by Crippen LogP contribution is 2.19. The molecule has 0 aromatic heterocycles. The first-order chi connectivity index (χ1) is 8.09. The van der Waals surface area contributed by atoms with Crippen molar-refractivity contribution in [2.45, 2.75) is 58.9 Å². The van der Waals surface area contributed by atoms with E-state index in [0.717, 1.165) is 11.8 Å². The van der Waals surface area contributed by atoms with Crippen LogP contribution in [0.25, 0.3) is 0 Å². The number of nitrogens with one attached hydrogen (secondary N) is 1. The van der Waals surface area contributed by atoms with Gasteiger partial charge >= 0.3 is 0 Å². The minimum absolute atomic E-state index is 0.711. The number of nitrogens with zero attached hydrogens (tertiary/aromatic N) is 1. The summed E-state index contributed by atoms with van der Waals surface area (Å²) in [4.78, 5) is 2.45. The molecule has 0 radical (unpaired) electrons. The molecule has 0 saturated carbocycles. The zero-order valence-corrected chi connectivity index (χ0v) is 12.3. The number of hydrogen-bond donors (Lipinski definition) is 1. The predicted molar refractivity (Wildman–Crippen MR) is 76.4 cm³/mol. The van der Waals surface area contributed by atoms with Gasteiger partial charge in [0.15, 0.2) is 0 Å². The van der Waals surface area contributed by atoms with Gasteiger partial charge in [0, 0.05) is 6.04 Å². The Kier molecular flexibility index (Phi) is 7.14. The maximum absolute atomic E-state index is 3.72. The lowest BCUT2D eigenvalue weighted by molar-refractivity contribution is 0.190. The Balaban J connectivity index is 2.02. The van der Waals surface area contributed by atoms with Gasteiger partial charge in [0.2, 0.25) is 0 Å². The summed E-state index contributed by atoms with van der Waals surface area (Å²) in [6, 6.07) is 0.711. The maximum Gasteiger partial charge on any atom is 0.00679 e. The summed E-state index contributed by atoms with van der Waals surface area (Å²) < 4.78 is 0. The lowest BCUT2D eigenvalue weighted by Crippen LogP contribution is -2.40. The third kappa shape index (κ3) is 6.42. The number of likely N-dealkylation sites (tertiary alicyclic amines) is 1. The van der Waals surface area contributed by atoms with Crippen LogP contribution in [-0.2, 0) is 0 Å². The van der Waals surface area contributed by atoms with E-state index in [9.17, 15) is 0 Å². The van der Waals surface area contributed by atoms with Gasteiger partial charge in [-0.1, -0.05) is 26.7 Å². The van der Waals surface area contributed by atoms with E-state index in [0.29, 0.717) is 6.04 Å². The van der Waals surface area contributed by atoms with Crippen molar-refractivity contribution in [3.8, 4) is 0 Å². The maximum atomic E-state index is 3.72. The minimum atomic E-state index is 0.711. The Morgan fingerprint density at radius 1 is 1.12 bits per heavy atom. The van der Waals surface area contributed by atoms with Gasteiger partial charge in [-0.25, -0.2) is 0 Å². The smallest absolute Gasteiger partial charge is 0.00679 e. The molecule has 0 amide bonds. The van der Waals surface area contributed by atoms with E-state index in [1.807, 2.05) is 0 Å². The fourth-order valence-electron chi connectivity index (χ4n) is 2.70. The molecule has 2 nitrogen and oxygen atoms in total. The van der Waals surface area contributed by atoms with E-state index in [2.05, 4.69) is 38.0 Å². The van der Waals surface area contributed by atoms with Crippen molar-refractivity contribution in [2.75, 3.05) is 26.7 Å². The Morgan fingerprint density at radius 3 is 2.35 bits per heavy atom. The van der Waals surface area contributed by atoms with Gasteiger partial charge in [0.25, 0.3) is 0 Å². The number of unbranched alkanes of at least 4 members (excludes halogenated alkanes) is 1. The van der Waals surface area contributed by atoms with Gasteiger partial charge < -0.3 is 10.2 Å². The van der Waals surface area contributed by atoms with Gasteiger partial charge in [0.05, 0.1) is 0 Å². The van der Waals surface area contributed by atoms with E-state index >= 15 is 0 Å². The molecule has 0 aromatic rings. The standard InChI is InChI=1S/C15H32N2/c1-13(2)7-5-6-10-16-14(3)15-8-11-17(4)12-9-15/h13-16H,5-12H2,1-4H3. The second kappa shape index (κ2) is 8.10. The van der Waals surface area contributed by atoms with Crippen molar-refractivity contribution in [3.05, 3.63) is 0 Å². The van der Waals surface area contributed by atoms with Crippen LogP contribution >= 0.6 is 0 Å². The highest BCUT2D eigenvalue weighted by Gasteiger charge is 2.21. The largest absolute Gasteiger partial charge is 0.314 e. The number of hydrogen-bond acceptors (Lipinski definition) is 2. The second-order valence-electron chi connectivity index (χ2n) is 6.27. The topological polar surface area (TPSA) is 15.3 Å². The van der Waals surface area contributed by atoms with Crippen LogP contribution in [-0.4, -0.2) is 37.6 Å². The van der Waals surface area contributed by atoms with E-state index in [4.69, 9.17) is 0 Å².